The van der Waals surface area contributed by atoms with Crippen LogP contribution in [0.1, 0.15) is 33.9 Å². The Morgan fingerprint density at radius 1 is 0.517 bits per heavy atom. The van der Waals surface area contributed by atoms with Crippen molar-refractivity contribution in [3.05, 3.63) is 125 Å². The number of hydrogen-bond donors (Lipinski definition) is 0. The van der Waals surface area contributed by atoms with Gasteiger partial charge >= 0.3 is 0 Å². The number of nitrogens with zero attached hydrogens (tertiary/aromatic N) is 1. The van der Waals surface area contributed by atoms with Crippen LogP contribution in [0, 0.1) is 0 Å². The summed E-state index contributed by atoms with van der Waals surface area (Å²) in [6.45, 7) is 0. The van der Waals surface area contributed by atoms with Crippen LogP contribution in [0.25, 0.3) is 21.7 Å². The first-order valence-electron chi connectivity index (χ1n) is 10.3. The zero-order valence-electron chi connectivity index (χ0n) is 16.2. The van der Waals surface area contributed by atoms with Gasteiger partial charge in [0.25, 0.3) is 0 Å². The van der Waals surface area contributed by atoms with Crippen LogP contribution in [0.3, 0.4) is 0 Å². The van der Waals surface area contributed by atoms with Crippen molar-refractivity contribution in [1.29, 1.82) is 0 Å². The van der Waals surface area contributed by atoms with Crippen LogP contribution in [0.4, 0.5) is 0 Å². The molecule has 138 valence electrons. The van der Waals surface area contributed by atoms with Crippen LogP contribution in [0.5, 0.6) is 0 Å². The molecule has 0 saturated carbocycles. The lowest BCUT2D eigenvalue weighted by molar-refractivity contribution is 0.933. The first-order chi connectivity index (χ1) is 14.4. The number of aromatic nitrogens is 1. The maximum Gasteiger partial charge on any atom is 0.0712 e. The Hall–Kier alpha value is -3.45. The van der Waals surface area contributed by atoms with Crippen molar-refractivity contribution < 1.29 is 0 Å². The number of hydrogen-bond acceptors (Lipinski definition) is 1. The second kappa shape index (κ2) is 6.56. The molecule has 1 aliphatic carbocycles. The van der Waals surface area contributed by atoms with Gasteiger partial charge in [0.15, 0.2) is 0 Å². The first-order valence-corrected chi connectivity index (χ1v) is 10.3. The molecule has 1 heteroatoms. The fourth-order valence-electron chi connectivity index (χ4n) is 4.97. The lowest BCUT2D eigenvalue weighted by Crippen LogP contribution is -2.09. The summed E-state index contributed by atoms with van der Waals surface area (Å²) in [6.07, 6.45) is 2.16. The zero-order chi connectivity index (χ0) is 19.2. The van der Waals surface area contributed by atoms with Crippen LogP contribution >= 0.6 is 0 Å². The SMILES string of the molecule is c1ccc2c(c1)CCc1ccccc1C2c1nc2ccccc2c2ccccc12. The summed E-state index contributed by atoms with van der Waals surface area (Å²) in [5.41, 5.74) is 7.90. The standard InChI is InChI=1S/C28H21N/c1-3-11-21-19(9-1)17-18-20-10-2-4-12-22(20)27(21)28-25-15-6-5-13-23(25)24-14-7-8-16-26(24)29-28/h1-16,27H,17-18H2. The van der Waals surface area contributed by atoms with Gasteiger partial charge in [-0.05, 0) is 46.5 Å². The van der Waals surface area contributed by atoms with Gasteiger partial charge in [-0.25, -0.2) is 0 Å². The summed E-state index contributed by atoms with van der Waals surface area (Å²) in [4.78, 5) is 5.27. The third-order valence-electron chi connectivity index (χ3n) is 6.31. The second-order valence-corrected chi connectivity index (χ2v) is 7.89. The maximum absolute atomic E-state index is 5.27. The quantitative estimate of drug-likeness (QED) is 0.300. The average Bonchev–Trinajstić information content (AvgIpc) is 2.95. The lowest BCUT2D eigenvalue weighted by atomic mass is 9.83. The summed E-state index contributed by atoms with van der Waals surface area (Å²) in [6, 6.07) is 35.1. The molecule has 0 spiro atoms. The van der Waals surface area contributed by atoms with Crippen LogP contribution in [0.15, 0.2) is 97.1 Å². The van der Waals surface area contributed by atoms with Crippen LogP contribution in [-0.2, 0) is 12.8 Å². The Balaban J connectivity index is 1.75. The van der Waals surface area contributed by atoms with Crippen molar-refractivity contribution in [3.8, 4) is 0 Å². The Labute approximate surface area is 170 Å². The minimum atomic E-state index is 0.152. The number of fused-ring (bicyclic) bond motifs is 5. The minimum Gasteiger partial charge on any atom is -0.251 e. The van der Waals surface area contributed by atoms with Crippen molar-refractivity contribution in [1.82, 2.24) is 4.98 Å². The summed E-state index contributed by atoms with van der Waals surface area (Å²) in [7, 11) is 0. The molecule has 1 nitrogen and oxygen atoms in total. The van der Waals surface area contributed by atoms with E-state index in [2.05, 4.69) is 97.1 Å². The van der Waals surface area contributed by atoms with Gasteiger partial charge in [-0.3, -0.25) is 4.98 Å². The van der Waals surface area contributed by atoms with Crippen LogP contribution in [0.2, 0.25) is 0 Å². The number of aryl methyl sites for hydroxylation is 2. The van der Waals surface area contributed by atoms with Gasteiger partial charge in [0.1, 0.15) is 0 Å². The molecule has 1 aromatic heterocycles. The normalized spacial score (nSPS) is 13.8. The highest BCUT2D eigenvalue weighted by atomic mass is 14.7. The molecule has 0 bridgehead atoms. The van der Waals surface area contributed by atoms with E-state index in [1.54, 1.807) is 0 Å². The maximum atomic E-state index is 5.27. The van der Waals surface area contributed by atoms with E-state index >= 15 is 0 Å². The number of pyridine rings is 1. The summed E-state index contributed by atoms with van der Waals surface area (Å²) >= 11 is 0. The topological polar surface area (TPSA) is 12.9 Å². The summed E-state index contributed by atoms with van der Waals surface area (Å²) in [5, 5.41) is 3.76. The molecule has 4 aromatic carbocycles. The largest absolute Gasteiger partial charge is 0.251 e. The van der Waals surface area contributed by atoms with Crippen molar-refractivity contribution >= 4 is 21.7 Å². The molecule has 0 amide bonds. The van der Waals surface area contributed by atoms with E-state index in [1.165, 1.54) is 44.1 Å². The molecule has 29 heavy (non-hydrogen) atoms. The van der Waals surface area contributed by atoms with Gasteiger partial charge in [-0.1, -0.05) is 91.0 Å². The van der Waals surface area contributed by atoms with Crippen molar-refractivity contribution in [2.24, 2.45) is 0 Å². The Bertz CT molecular complexity index is 1320. The van der Waals surface area contributed by atoms with E-state index in [0.29, 0.717) is 0 Å². The molecule has 1 aliphatic rings. The predicted octanol–water partition coefficient (Wildman–Crippen LogP) is 6.67. The monoisotopic (exact) mass is 371 g/mol. The van der Waals surface area contributed by atoms with Gasteiger partial charge in [-0.15, -0.1) is 0 Å². The van der Waals surface area contributed by atoms with Crippen LogP contribution in [-0.4, -0.2) is 4.98 Å². The molecular weight excluding hydrogens is 350 g/mol. The minimum absolute atomic E-state index is 0.152. The molecule has 0 saturated heterocycles. The summed E-state index contributed by atoms with van der Waals surface area (Å²) in [5.74, 6) is 0.152. The van der Waals surface area contributed by atoms with Crippen molar-refractivity contribution in [3.63, 3.8) is 0 Å². The Kier molecular flexibility index (Phi) is 3.73. The molecule has 0 N–H and O–H groups in total. The molecule has 0 fully saturated rings. The zero-order valence-corrected chi connectivity index (χ0v) is 16.2. The van der Waals surface area contributed by atoms with Gasteiger partial charge in [0, 0.05) is 10.8 Å². The van der Waals surface area contributed by atoms with Crippen LogP contribution < -0.4 is 0 Å². The van der Waals surface area contributed by atoms with E-state index in [4.69, 9.17) is 4.98 Å². The predicted molar refractivity (Wildman–Crippen MR) is 120 cm³/mol. The Morgan fingerprint density at radius 3 is 1.72 bits per heavy atom. The van der Waals surface area contributed by atoms with Crippen molar-refractivity contribution in [2.75, 3.05) is 0 Å². The lowest BCUT2D eigenvalue weighted by Gasteiger charge is -2.22. The van der Waals surface area contributed by atoms with Gasteiger partial charge in [0.2, 0.25) is 0 Å². The Morgan fingerprint density at radius 2 is 1.03 bits per heavy atom. The van der Waals surface area contributed by atoms with Gasteiger partial charge in [-0.2, -0.15) is 0 Å². The van der Waals surface area contributed by atoms with Crippen molar-refractivity contribution in [2.45, 2.75) is 18.8 Å². The highest BCUT2D eigenvalue weighted by Crippen LogP contribution is 2.41. The van der Waals surface area contributed by atoms with Gasteiger partial charge < -0.3 is 0 Å². The molecule has 0 unspecified atom stereocenters. The molecule has 0 radical (unpaired) electrons. The fraction of sp³-hybridized carbons (Fsp3) is 0.107. The number of para-hydroxylation sites is 1. The highest BCUT2D eigenvalue weighted by Gasteiger charge is 2.27. The smallest absolute Gasteiger partial charge is 0.0712 e. The van der Waals surface area contributed by atoms with E-state index < -0.39 is 0 Å². The third-order valence-corrected chi connectivity index (χ3v) is 6.31. The molecule has 5 aromatic rings. The first kappa shape index (κ1) is 16.5. The number of rotatable bonds is 1. The van der Waals surface area contributed by atoms with Gasteiger partial charge in [0.05, 0.1) is 17.1 Å². The molecule has 0 atom stereocenters. The number of benzene rings is 4. The molecule has 0 aliphatic heterocycles. The molecule has 6 rings (SSSR count). The van der Waals surface area contributed by atoms with E-state index in [9.17, 15) is 0 Å². The fourth-order valence-corrected chi connectivity index (χ4v) is 4.97. The van der Waals surface area contributed by atoms with E-state index in [1.807, 2.05) is 0 Å². The third kappa shape index (κ3) is 2.58. The highest BCUT2D eigenvalue weighted by molar-refractivity contribution is 6.07. The van der Waals surface area contributed by atoms with E-state index in [-0.39, 0.29) is 5.92 Å². The molecule has 1 heterocycles. The summed E-state index contributed by atoms with van der Waals surface area (Å²) < 4.78 is 0. The second-order valence-electron chi connectivity index (χ2n) is 7.89. The van der Waals surface area contributed by atoms with E-state index in [0.717, 1.165) is 18.4 Å². The average molecular weight is 371 g/mol. The molecular formula is C28H21N.